The summed E-state index contributed by atoms with van der Waals surface area (Å²) in [6.45, 7) is 4.02. The lowest BCUT2D eigenvalue weighted by Gasteiger charge is -2.33. The van der Waals surface area contributed by atoms with Crippen LogP contribution in [0.4, 0.5) is 0 Å². The Balaban J connectivity index is 1.29. The molecule has 0 atom stereocenters. The molecule has 0 spiro atoms. The lowest BCUT2D eigenvalue weighted by atomic mass is 10.2. The summed E-state index contributed by atoms with van der Waals surface area (Å²) in [5.74, 6) is -0.0540. The van der Waals surface area contributed by atoms with Gasteiger partial charge in [0.25, 0.3) is 5.91 Å². The fourth-order valence-electron chi connectivity index (χ4n) is 3.24. The molecular weight excluding hydrogens is 350 g/mol. The number of carbonyl (C=O) groups is 1. The highest BCUT2D eigenvalue weighted by atomic mass is 16.2. The third-order valence-electron chi connectivity index (χ3n) is 4.83. The summed E-state index contributed by atoms with van der Waals surface area (Å²) < 4.78 is 0. The Morgan fingerprint density at radius 2 is 1.61 bits per heavy atom. The van der Waals surface area contributed by atoms with Crippen LogP contribution in [0, 0.1) is 0 Å². The van der Waals surface area contributed by atoms with Crippen LogP contribution in [0.1, 0.15) is 16.1 Å². The first kappa shape index (κ1) is 18.1. The highest BCUT2D eigenvalue weighted by molar-refractivity contribution is 5.92. The number of carbonyl (C=O) groups excluding carboxylic acids is 1. The van der Waals surface area contributed by atoms with Crippen molar-refractivity contribution in [2.75, 3.05) is 32.7 Å². The number of rotatable bonds is 5. The van der Waals surface area contributed by atoms with Crippen LogP contribution in [0.15, 0.2) is 72.9 Å². The Hall–Kier alpha value is -3.25. The summed E-state index contributed by atoms with van der Waals surface area (Å²) in [6.07, 6.45) is 5.86. The number of amides is 1. The van der Waals surface area contributed by atoms with Crippen molar-refractivity contribution < 1.29 is 4.79 Å². The van der Waals surface area contributed by atoms with Crippen LogP contribution in [-0.2, 0) is 0 Å². The topological polar surface area (TPSA) is 54.3 Å². The van der Waals surface area contributed by atoms with Gasteiger partial charge in [0.05, 0.1) is 11.9 Å². The van der Waals surface area contributed by atoms with Gasteiger partial charge in [-0.25, -0.2) is 0 Å². The van der Waals surface area contributed by atoms with Gasteiger partial charge < -0.3 is 4.90 Å². The van der Waals surface area contributed by atoms with E-state index < -0.39 is 0 Å². The second-order valence-corrected chi connectivity index (χ2v) is 6.76. The fourth-order valence-corrected chi connectivity index (χ4v) is 3.24. The Labute approximate surface area is 164 Å². The van der Waals surface area contributed by atoms with Crippen LogP contribution in [0.2, 0.25) is 0 Å². The smallest absolute Gasteiger partial charge is 0.276 e. The average Bonchev–Trinajstić information content (AvgIpc) is 3.25. The second kappa shape index (κ2) is 8.63. The number of aromatic nitrogens is 3. The maximum Gasteiger partial charge on any atom is 0.276 e. The molecular formula is C22H23N5O. The Kier molecular flexibility index (Phi) is 5.58. The van der Waals surface area contributed by atoms with Gasteiger partial charge in [-0.15, -0.1) is 5.10 Å². The first-order valence-electron chi connectivity index (χ1n) is 9.50. The molecule has 3 aromatic rings. The van der Waals surface area contributed by atoms with E-state index in [9.17, 15) is 4.79 Å². The van der Waals surface area contributed by atoms with Crippen LogP contribution < -0.4 is 0 Å². The zero-order valence-electron chi connectivity index (χ0n) is 15.7. The fraction of sp³-hybridized carbons (Fsp3) is 0.227. The predicted octanol–water partition coefficient (Wildman–Crippen LogP) is 2.74. The number of benzene rings is 2. The standard InChI is InChI=1S/C22H23N5O/c28-22(21-18-23-27(24-21)20-11-5-2-6-12-20)26-16-14-25(15-17-26)13-7-10-19-8-3-1-4-9-19/h1-12,18H,13-17H2/b10-7+. The molecule has 2 aromatic carbocycles. The van der Waals surface area contributed by atoms with E-state index in [4.69, 9.17) is 0 Å². The summed E-state index contributed by atoms with van der Waals surface area (Å²) in [6, 6.07) is 19.9. The van der Waals surface area contributed by atoms with Crippen molar-refractivity contribution in [3.63, 3.8) is 0 Å². The molecule has 28 heavy (non-hydrogen) atoms. The molecule has 1 amide bonds. The van der Waals surface area contributed by atoms with Crippen LogP contribution in [-0.4, -0.2) is 63.4 Å². The second-order valence-electron chi connectivity index (χ2n) is 6.76. The highest BCUT2D eigenvalue weighted by Crippen LogP contribution is 2.09. The van der Waals surface area contributed by atoms with E-state index in [-0.39, 0.29) is 5.91 Å². The van der Waals surface area contributed by atoms with Gasteiger partial charge in [0.1, 0.15) is 0 Å². The third kappa shape index (κ3) is 4.35. The van der Waals surface area contributed by atoms with Gasteiger partial charge in [-0.1, -0.05) is 60.7 Å². The Morgan fingerprint density at radius 3 is 2.32 bits per heavy atom. The van der Waals surface area contributed by atoms with Gasteiger partial charge in [-0.3, -0.25) is 9.69 Å². The normalized spacial score (nSPS) is 15.2. The monoisotopic (exact) mass is 373 g/mol. The van der Waals surface area contributed by atoms with Gasteiger partial charge in [0.2, 0.25) is 0 Å². The number of nitrogens with zero attached hydrogens (tertiary/aromatic N) is 5. The summed E-state index contributed by atoms with van der Waals surface area (Å²) in [4.78, 5) is 18.4. The first-order chi connectivity index (χ1) is 13.8. The van der Waals surface area contributed by atoms with Gasteiger partial charge in [0, 0.05) is 32.7 Å². The van der Waals surface area contributed by atoms with Crippen molar-refractivity contribution >= 4 is 12.0 Å². The highest BCUT2D eigenvalue weighted by Gasteiger charge is 2.23. The van der Waals surface area contributed by atoms with Gasteiger partial charge in [0.15, 0.2) is 5.69 Å². The van der Waals surface area contributed by atoms with E-state index in [1.165, 1.54) is 10.4 Å². The SMILES string of the molecule is O=C(c1cnn(-c2ccccc2)n1)N1CCN(C/C=C/c2ccccc2)CC1. The molecule has 4 rings (SSSR count). The van der Waals surface area contributed by atoms with E-state index in [2.05, 4.69) is 39.4 Å². The van der Waals surface area contributed by atoms with Gasteiger partial charge in [-0.2, -0.15) is 9.90 Å². The van der Waals surface area contributed by atoms with Crippen LogP contribution in [0.5, 0.6) is 0 Å². The number of para-hydroxylation sites is 1. The zero-order chi connectivity index (χ0) is 19.2. The van der Waals surface area contributed by atoms with Crippen LogP contribution >= 0.6 is 0 Å². The molecule has 1 fully saturated rings. The quantitative estimate of drug-likeness (QED) is 0.690. The van der Waals surface area contributed by atoms with Crippen molar-refractivity contribution in [2.24, 2.45) is 0 Å². The lowest BCUT2D eigenvalue weighted by molar-refractivity contribution is 0.0644. The molecule has 6 heteroatoms. The van der Waals surface area contributed by atoms with Crippen molar-refractivity contribution in [2.45, 2.75) is 0 Å². The summed E-state index contributed by atoms with van der Waals surface area (Å²) in [5, 5.41) is 8.57. The number of hydrogen-bond donors (Lipinski definition) is 0. The van der Waals surface area contributed by atoms with E-state index >= 15 is 0 Å². The molecule has 0 bridgehead atoms. The molecule has 0 unspecified atom stereocenters. The molecule has 0 N–H and O–H groups in total. The summed E-state index contributed by atoms with van der Waals surface area (Å²) in [5.41, 5.74) is 2.44. The Morgan fingerprint density at radius 1 is 0.929 bits per heavy atom. The maximum atomic E-state index is 12.7. The molecule has 1 aliphatic rings. The molecule has 1 aromatic heterocycles. The minimum absolute atomic E-state index is 0.0540. The largest absolute Gasteiger partial charge is 0.335 e. The molecule has 6 nitrogen and oxygen atoms in total. The minimum Gasteiger partial charge on any atom is -0.335 e. The summed E-state index contributed by atoms with van der Waals surface area (Å²) in [7, 11) is 0. The Bertz CT molecular complexity index is 928. The van der Waals surface area contributed by atoms with Crippen molar-refractivity contribution in [1.29, 1.82) is 0 Å². The lowest BCUT2D eigenvalue weighted by Crippen LogP contribution is -2.48. The molecule has 0 radical (unpaired) electrons. The average molecular weight is 373 g/mol. The number of piperazine rings is 1. The van der Waals surface area contributed by atoms with Crippen LogP contribution in [0.25, 0.3) is 11.8 Å². The van der Waals surface area contributed by atoms with Crippen molar-refractivity contribution in [1.82, 2.24) is 24.8 Å². The number of hydrogen-bond acceptors (Lipinski definition) is 4. The minimum atomic E-state index is -0.0540. The molecule has 0 aliphatic carbocycles. The van der Waals surface area contributed by atoms with Gasteiger partial charge >= 0.3 is 0 Å². The molecule has 0 saturated carbocycles. The predicted molar refractivity (Wildman–Crippen MR) is 109 cm³/mol. The summed E-state index contributed by atoms with van der Waals surface area (Å²) >= 11 is 0. The van der Waals surface area contributed by atoms with Crippen LogP contribution in [0.3, 0.4) is 0 Å². The van der Waals surface area contributed by atoms with E-state index in [1.54, 1.807) is 6.20 Å². The van der Waals surface area contributed by atoms with E-state index in [0.717, 1.165) is 25.3 Å². The van der Waals surface area contributed by atoms with E-state index in [0.29, 0.717) is 18.8 Å². The zero-order valence-corrected chi connectivity index (χ0v) is 15.7. The van der Waals surface area contributed by atoms with Crippen molar-refractivity contribution in [3.8, 4) is 5.69 Å². The molecule has 2 heterocycles. The first-order valence-corrected chi connectivity index (χ1v) is 9.50. The van der Waals surface area contributed by atoms with Crippen molar-refractivity contribution in [3.05, 3.63) is 84.2 Å². The molecule has 142 valence electrons. The van der Waals surface area contributed by atoms with Gasteiger partial charge in [-0.05, 0) is 17.7 Å². The maximum absolute atomic E-state index is 12.7. The van der Waals surface area contributed by atoms with E-state index in [1.807, 2.05) is 53.4 Å². The molecule has 1 aliphatic heterocycles. The molecule has 1 saturated heterocycles. The third-order valence-corrected chi connectivity index (χ3v) is 4.83.